The van der Waals surface area contributed by atoms with Crippen molar-refractivity contribution in [3.05, 3.63) is 0 Å². The monoisotopic (exact) mass is 274 g/mol. The number of hydrogen-bond donors (Lipinski definition) is 4. The van der Waals surface area contributed by atoms with E-state index < -0.39 is 24.7 Å². The van der Waals surface area contributed by atoms with Crippen molar-refractivity contribution in [2.24, 2.45) is 0 Å². The first-order valence-electron chi connectivity index (χ1n) is 2.20. The highest BCUT2D eigenvalue weighted by Gasteiger charge is 2.30. The van der Waals surface area contributed by atoms with Crippen LogP contribution in [0, 0.1) is 0 Å². The van der Waals surface area contributed by atoms with E-state index in [0.29, 0.717) is 0 Å². The molecule has 0 spiro atoms. The van der Waals surface area contributed by atoms with E-state index in [2.05, 4.69) is 19.1 Å². The molecule has 9 nitrogen and oxygen atoms in total. The zero-order valence-corrected chi connectivity index (χ0v) is 8.96. The van der Waals surface area contributed by atoms with Crippen molar-refractivity contribution < 1.29 is 40.9 Å². The van der Waals surface area contributed by atoms with E-state index in [9.17, 15) is 13.3 Å². The molecular formula is H4O9P2S2. The second kappa shape index (κ2) is 3.99. The Morgan fingerprint density at radius 2 is 1.23 bits per heavy atom. The van der Waals surface area contributed by atoms with Crippen LogP contribution in [0.1, 0.15) is 0 Å². The van der Waals surface area contributed by atoms with Crippen LogP contribution in [-0.2, 0) is 37.3 Å². The molecule has 0 aromatic carbocycles. The topological polar surface area (TPSA) is 151 Å². The van der Waals surface area contributed by atoms with Gasteiger partial charge in [0.05, 0.1) is 0 Å². The van der Waals surface area contributed by atoms with Gasteiger partial charge in [-0.1, -0.05) is 0 Å². The van der Waals surface area contributed by atoms with Gasteiger partial charge in [0, 0.05) is 11.2 Å². The van der Waals surface area contributed by atoms with Gasteiger partial charge in [-0.3, -0.25) is 0 Å². The maximum atomic E-state index is 10.6. The Bertz CT molecular complexity index is 321. The smallest absolute Gasteiger partial charge is 0.302 e. The molecule has 4 N–H and O–H groups in total. The van der Waals surface area contributed by atoms with Gasteiger partial charge in [0.1, 0.15) is 0 Å². The average Bonchev–Trinajstić information content (AvgIpc) is 1.43. The van der Waals surface area contributed by atoms with Crippen molar-refractivity contribution in [1.29, 1.82) is 0 Å². The molecule has 0 bridgehead atoms. The third kappa shape index (κ3) is 8.91. The van der Waals surface area contributed by atoms with E-state index in [1.54, 1.807) is 0 Å². The quantitative estimate of drug-likeness (QED) is 0.459. The second-order valence-electron chi connectivity index (χ2n) is 1.54. The first-order valence-corrected chi connectivity index (χ1v) is 7.59. The van der Waals surface area contributed by atoms with Crippen molar-refractivity contribution in [2.75, 3.05) is 0 Å². The fourth-order valence-corrected chi connectivity index (χ4v) is 3.93. The highest BCUT2D eigenvalue weighted by Crippen LogP contribution is 2.45. The summed E-state index contributed by atoms with van der Waals surface area (Å²) in [5.74, 6) is 0. The lowest BCUT2D eigenvalue weighted by molar-refractivity contribution is 0.260. The minimum atomic E-state index is -5.22. The standard InChI is InChI=1S/H4O9P2S2/c1-10(2,3)8-13(7,12)9-11(4,5)6/h(H2,1,2,3)(H2,4,5,6). The summed E-state index contributed by atoms with van der Waals surface area (Å²) in [4.78, 5) is 32.2. The van der Waals surface area contributed by atoms with Gasteiger partial charge in [0.15, 0.2) is 0 Å². The molecule has 0 aromatic heterocycles. The molecule has 0 radical (unpaired) electrons. The van der Waals surface area contributed by atoms with Gasteiger partial charge in [-0.05, 0) is 0 Å². The van der Waals surface area contributed by atoms with E-state index in [1.807, 2.05) is 0 Å². The van der Waals surface area contributed by atoms with Gasteiger partial charge in [-0.2, -0.15) is 12.1 Å². The van der Waals surface area contributed by atoms with Crippen LogP contribution in [0.3, 0.4) is 0 Å². The molecule has 0 fully saturated rings. The Hall–Kier alpha value is 0.590. The lowest BCUT2D eigenvalue weighted by Crippen LogP contribution is -2.05. The van der Waals surface area contributed by atoms with E-state index >= 15 is 0 Å². The fraction of sp³-hybridized carbons (Fsp3) is 0. The molecule has 0 atom stereocenters. The molecule has 0 saturated carbocycles. The molecule has 0 heterocycles. The zero-order chi connectivity index (χ0) is 10.9. The van der Waals surface area contributed by atoms with E-state index in [4.69, 9.17) is 19.6 Å². The van der Waals surface area contributed by atoms with E-state index in [-0.39, 0.29) is 0 Å². The normalized spacial score (nSPS) is 14.5. The van der Waals surface area contributed by atoms with Gasteiger partial charge in [-0.25, -0.2) is 9.13 Å². The molecule has 80 valence electrons. The van der Waals surface area contributed by atoms with Crippen LogP contribution in [-0.4, -0.2) is 23.8 Å². The van der Waals surface area contributed by atoms with Gasteiger partial charge in [0.25, 0.3) is 9.05 Å². The summed E-state index contributed by atoms with van der Waals surface area (Å²) >= 11 is 3.74. The number of hydrogen-bond acceptors (Lipinski definition) is 6. The number of phosphoric acid groups is 2. The van der Waals surface area contributed by atoms with Crippen molar-refractivity contribution in [1.82, 2.24) is 0 Å². The Labute approximate surface area is 77.2 Å². The molecule has 0 unspecified atom stereocenters. The Kier molecular flexibility index (Phi) is 4.17. The summed E-state index contributed by atoms with van der Waals surface area (Å²) < 4.78 is 37.2. The van der Waals surface area contributed by atoms with Gasteiger partial charge >= 0.3 is 15.6 Å². The Morgan fingerprint density at radius 1 is 1.00 bits per heavy atom. The minimum Gasteiger partial charge on any atom is -0.302 e. The predicted molar refractivity (Wildman–Crippen MR) is 41.8 cm³/mol. The minimum absolute atomic E-state index is 3.30. The van der Waals surface area contributed by atoms with Gasteiger partial charge < -0.3 is 19.6 Å². The largest absolute Gasteiger partial charge is 0.484 e. The van der Waals surface area contributed by atoms with Crippen LogP contribution in [0.4, 0.5) is 0 Å². The van der Waals surface area contributed by atoms with Crippen LogP contribution in [0.15, 0.2) is 0 Å². The summed E-state index contributed by atoms with van der Waals surface area (Å²) in [5.41, 5.74) is 0. The number of rotatable bonds is 4. The van der Waals surface area contributed by atoms with Crippen LogP contribution < -0.4 is 0 Å². The zero-order valence-electron chi connectivity index (χ0n) is 5.54. The molecule has 0 amide bonds. The van der Waals surface area contributed by atoms with Gasteiger partial charge in [-0.15, -0.1) is 0 Å². The van der Waals surface area contributed by atoms with Crippen molar-refractivity contribution >= 4 is 35.9 Å². The molecule has 0 rings (SSSR count). The third-order valence-electron chi connectivity index (χ3n) is 0.377. The molecule has 0 aliphatic rings. The lowest BCUT2D eigenvalue weighted by Gasteiger charge is -2.08. The first kappa shape index (κ1) is 13.6. The predicted octanol–water partition coefficient (Wildman–Crippen LogP) is -1.22. The maximum absolute atomic E-state index is 10.6. The summed E-state index contributed by atoms with van der Waals surface area (Å²) in [7, 11) is -15.0. The summed E-state index contributed by atoms with van der Waals surface area (Å²) in [6, 6.07) is 0. The maximum Gasteiger partial charge on any atom is 0.484 e. The average molecular weight is 274 g/mol. The third-order valence-corrected chi connectivity index (χ3v) is 4.49. The van der Waals surface area contributed by atoms with Crippen LogP contribution in [0.2, 0.25) is 0 Å². The van der Waals surface area contributed by atoms with Crippen molar-refractivity contribution in [3.8, 4) is 0 Å². The van der Waals surface area contributed by atoms with E-state index in [0.717, 1.165) is 0 Å². The highest BCUT2D eigenvalue weighted by atomic mass is 32.9. The van der Waals surface area contributed by atoms with E-state index in [1.165, 1.54) is 0 Å². The molecule has 0 aliphatic carbocycles. The second-order valence-corrected chi connectivity index (χ2v) is 6.73. The SMILES string of the molecule is O=P(O)(O)OS(=O)(=S)OP(=O)(O)O. The molecule has 0 saturated heterocycles. The summed E-state index contributed by atoms with van der Waals surface area (Å²) in [5, 5.41) is 0. The molecule has 0 aromatic rings. The van der Waals surface area contributed by atoms with Gasteiger partial charge in [0.2, 0.25) is 0 Å². The van der Waals surface area contributed by atoms with Crippen LogP contribution in [0.25, 0.3) is 0 Å². The molecule has 13 heavy (non-hydrogen) atoms. The lowest BCUT2D eigenvalue weighted by atomic mass is 15.7. The molecular weight excluding hydrogens is 270 g/mol. The van der Waals surface area contributed by atoms with Crippen molar-refractivity contribution in [2.45, 2.75) is 0 Å². The van der Waals surface area contributed by atoms with Crippen molar-refractivity contribution in [3.63, 3.8) is 0 Å². The summed E-state index contributed by atoms with van der Waals surface area (Å²) in [6.45, 7) is 0. The Balaban J connectivity index is 4.65. The Morgan fingerprint density at radius 3 is 1.38 bits per heavy atom. The highest BCUT2D eigenvalue weighted by molar-refractivity contribution is 8.29. The molecule has 13 heteroatoms. The van der Waals surface area contributed by atoms with Crippen LogP contribution >= 0.6 is 15.6 Å². The first-order chi connectivity index (χ1) is 5.41. The molecule has 0 aliphatic heterocycles. The fourth-order valence-electron chi connectivity index (χ4n) is 0.251. The summed E-state index contributed by atoms with van der Waals surface area (Å²) in [6.07, 6.45) is 0. The van der Waals surface area contributed by atoms with Crippen LogP contribution in [0.5, 0.6) is 0 Å².